The molecule has 0 spiro atoms. The minimum atomic E-state index is 0.911. The van der Waals surface area contributed by atoms with Crippen LogP contribution in [0.3, 0.4) is 0 Å². The van der Waals surface area contributed by atoms with Crippen LogP contribution in [-0.2, 0) is 13.1 Å². The Morgan fingerprint density at radius 1 is 1.50 bits per heavy atom. The van der Waals surface area contributed by atoms with Crippen molar-refractivity contribution in [2.24, 2.45) is 0 Å². The summed E-state index contributed by atoms with van der Waals surface area (Å²) in [6.45, 7) is 6.04. The van der Waals surface area contributed by atoms with Gasteiger partial charge in [-0.25, -0.2) is 0 Å². The smallest absolute Gasteiger partial charge is 0.0534 e. The highest BCUT2D eigenvalue weighted by molar-refractivity contribution is 5.02. The van der Waals surface area contributed by atoms with Crippen molar-refractivity contribution in [2.45, 2.75) is 20.0 Å². The van der Waals surface area contributed by atoms with E-state index < -0.39 is 0 Å². The fourth-order valence-corrected chi connectivity index (χ4v) is 1.21. The SMILES string of the molecule is CCn1cc(CNCCN(C)C)cn1. The third-order valence-corrected chi connectivity index (χ3v) is 2.08. The van der Waals surface area contributed by atoms with Crippen LogP contribution < -0.4 is 5.32 Å². The maximum atomic E-state index is 4.21. The van der Waals surface area contributed by atoms with Gasteiger partial charge in [0, 0.05) is 37.9 Å². The Bertz CT molecular complexity index is 254. The molecule has 0 bridgehead atoms. The van der Waals surface area contributed by atoms with E-state index in [9.17, 15) is 0 Å². The Hall–Kier alpha value is -0.870. The number of hydrogen-bond donors (Lipinski definition) is 1. The lowest BCUT2D eigenvalue weighted by Gasteiger charge is -2.09. The Labute approximate surface area is 85.9 Å². The fraction of sp³-hybridized carbons (Fsp3) is 0.700. The topological polar surface area (TPSA) is 33.1 Å². The van der Waals surface area contributed by atoms with Gasteiger partial charge in [0.2, 0.25) is 0 Å². The normalized spacial score (nSPS) is 11.1. The summed E-state index contributed by atoms with van der Waals surface area (Å²) in [4.78, 5) is 2.17. The van der Waals surface area contributed by atoms with Crippen molar-refractivity contribution in [2.75, 3.05) is 27.2 Å². The van der Waals surface area contributed by atoms with Gasteiger partial charge in [0.25, 0.3) is 0 Å². The molecule has 1 aromatic heterocycles. The molecule has 1 heterocycles. The average molecular weight is 196 g/mol. The van der Waals surface area contributed by atoms with Gasteiger partial charge in [0.1, 0.15) is 0 Å². The predicted octanol–water partition coefficient (Wildman–Crippen LogP) is 0.554. The molecule has 0 aliphatic carbocycles. The van der Waals surface area contributed by atoms with E-state index in [0.717, 1.165) is 26.2 Å². The molecule has 14 heavy (non-hydrogen) atoms. The van der Waals surface area contributed by atoms with Crippen molar-refractivity contribution in [3.63, 3.8) is 0 Å². The van der Waals surface area contributed by atoms with Crippen molar-refractivity contribution in [1.82, 2.24) is 20.0 Å². The highest BCUT2D eigenvalue weighted by atomic mass is 15.3. The summed E-state index contributed by atoms with van der Waals surface area (Å²) in [5, 5.41) is 7.59. The zero-order valence-corrected chi connectivity index (χ0v) is 9.32. The molecule has 4 heteroatoms. The Morgan fingerprint density at radius 3 is 2.86 bits per heavy atom. The number of nitrogens with one attached hydrogen (secondary N) is 1. The van der Waals surface area contributed by atoms with E-state index in [0.29, 0.717) is 0 Å². The van der Waals surface area contributed by atoms with Gasteiger partial charge in [-0.2, -0.15) is 5.10 Å². The van der Waals surface area contributed by atoms with E-state index in [4.69, 9.17) is 0 Å². The van der Waals surface area contributed by atoms with Gasteiger partial charge in [0.05, 0.1) is 6.20 Å². The lowest BCUT2D eigenvalue weighted by molar-refractivity contribution is 0.400. The van der Waals surface area contributed by atoms with Crippen LogP contribution in [0, 0.1) is 0 Å². The second kappa shape index (κ2) is 5.78. The summed E-state index contributed by atoms with van der Waals surface area (Å²) in [6.07, 6.45) is 4.01. The molecule has 0 unspecified atom stereocenters. The third-order valence-electron chi connectivity index (χ3n) is 2.08. The molecule has 0 aromatic carbocycles. The molecule has 0 saturated carbocycles. The molecule has 1 N–H and O–H groups in total. The van der Waals surface area contributed by atoms with Crippen molar-refractivity contribution in [1.29, 1.82) is 0 Å². The minimum absolute atomic E-state index is 0.911. The Balaban J connectivity index is 2.18. The van der Waals surface area contributed by atoms with Crippen LogP contribution in [0.2, 0.25) is 0 Å². The molecule has 0 atom stereocenters. The number of rotatable bonds is 6. The van der Waals surface area contributed by atoms with Crippen LogP contribution >= 0.6 is 0 Å². The quantitative estimate of drug-likeness (QED) is 0.675. The number of aryl methyl sites for hydroxylation is 1. The largest absolute Gasteiger partial charge is 0.311 e. The highest BCUT2D eigenvalue weighted by Crippen LogP contribution is 1.96. The van der Waals surface area contributed by atoms with Crippen LogP contribution in [0.15, 0.2) is 12.4 Å². The van der Waals surface area contributed by atoms with E-state index >= 15 is 0 Å². The molecule has 1 rings (SSSR count). The highest BCUT2D eigenvalue weighted by Gasteiger charge is 1.96. The molecule has 0 fully saturated rings. The Morgan fingerprint density at radius 2 is 2.29 bits per heavy atom. The zero-order valence-electron chi connectivity index (χ0n) is 9.32. The van der Waals surface area contributed by atoms with Crippen LogP contribution in [-0.4, -0.2) is 41.9 Å². The van der Waals surface area contributed by atoms with Gasteiger partial charge in [-0.05, 0) is 21.0 Å². The third kappa shape index (κ3) is 3.89. The first-order valence-electron chi connectivity index (χ1n) is 5.09. The zero-order chi connectivity index (χ0) is 10.4. The van der Waals surface area contributed by atoms with Crippen molar-refractivity contribution in [3.8, 4) is 0 Å². The van der Waals surface area contributed by atoms with Gasteiger partial charge in [-0.15, -0.1) is 0 Å². The maximum Gasteiger partial charge on any atom is 0.0534 e. The van der Waals surface area contributed by atoms with Crippen LogP contribution in [0.5, 0.6) is 0 Å². The van der Waals surface area contributed by atoms with E-state index in [1.165, 1.54) is 5.56 Å². The van der Waals surface area contributed by atoms with Gasteiger partial charge in [-0.3, -0.25) is 4.68 Å². The van der Waals surface area contributed by atoms with Gasteiger partial charge in [-0.1, -0.05) is 0 Å². The summed E-state index contributed by atoms with van der Waals surface area (Å²) in [6, 6.07) is 0. The van der Waals surface area contributed by atoms with Crippen molar-refractivity contribution >= 4 is 0 Å². The number of aromatic nitrogens is 2. The summed E-state index contributed by atoms with van der Waals surface area (Å²) < 4.78 is 1.95. The molecule has 0 aliphatic rings. The van der Waals surface area contributed by atoms with E-state index in [1.54, 1.807) is 0 Å². The van der Waals surface area contributed by atoms with Gasteiger partial charge < -0.3 is 10.2 Å². The molecule has 80 valence electrons. The molecule has 0 radical (unpaired) electrons. The second-order valence-electron chi connectivity index (χ2n) is 3.68. The van der Waals surface area contributed by atoms with Gasteiger partial charge >= 0.3 is 0 Å². The first-order valence-corrected chi connectivity index (χ1v) is 5.09. The molecular formula is C10H20N4. The summed E-state index contributed by atoms with van der Waals surface area (Å²) in [5.74, 6) is 0. The molecule has 4 nitrogen and oxygen atoms in total. The lowest BCUT2D eigenvalue weighted by atomic mass is 10.3. The van der Waals surface area contributed by atoms with Crippen LogP contribution in [0.25, 0.3) is 0 Å². The molecular weight excluding hydrogens is 176 g/mol. The molecule has 0 amide bonds. The van der Waals surface area contributed by atoms with E-state index in [-0.39, 0.29) is 0 Å². The predicted molar refractivity (Wildman–Crippen MR) is 58.2 cm³/mol. The fourth-order valence-electron chi connectivity index (χ4n) is 1.21. The van der Waals surface area contributed by atoms with E-state index in [1.807, 2.05) is 10.9 Å². The molecule has 0 saturated heterocycles. The summed E-state index contributed by atoms with van der Waals surface area (Å²) >= 11 is 0. The summed E-state index contributed by atoms with van der Waals surface area (Å²) in [5.41, 5.74) is 1.26. The van der Waals surface area contributed by atoms with Gasteiger partial charge in [0.15, 0.2) is 0 Å². The van der Waals surface area contributed by atoms with E-state index in [2.05, 4.69) is 42.5 Å². The van der Waals surface area contributed by atoms with Crippen molar-refractivity contribution in [3.05, 3.63) is 18.0 Å². The second-order valence-corrected chi connectivity index (χ2v) is 3.68. The molecule has 0 aliphatic heterocycles. The minimum Gasteiger partial charge on any atom is -0.311 e. The van der Waals surface area contributed by atoms with Crippen LogP contribution in [0.1, 0.15) is 12.5 Å². The molecule has 1 aromatic rings. The average Bonchev–Trinajstić information content (AvgIpc) is 2.60. The van der Waals surface area contributed by atoms with Crippen molar-refractivity contribution < 1.29 is 0 Å². The van der Waals surface area contributed by atoms with Crippen LogP contribution in [0.4, 0.5) is 0 Å². The standard InChI is InChI=1S/C10H20N4/c1-4-14-9-10(8-12-14)7-11-5-6-13(2)3/h8-9,11H,4-7H2,1-3H3. The maximum absolute atomic E-state index is 4.21. The first kappa shape index (κ1) is 11.2. The monoisotopic (exact) mass is 196 g/mol. The summed E-state index contributed by atoms with van der Waals surface area (Å²) in [7, 11) is 4.16. The number of nitrogens with zero attached hydrogens (tertiary/aromatic N) is 3. The number of likely N-dealkylation sites (N-methyl/N-ethyl adjacent to an activating group) is 1. The lowest BCUT2D eigenvalue weighted by Crippen LogP contribution is -2.26. The number of hydrogen-bond acceptors (Lipinski definition) is 3. The Kier molecular flexibility index (Phi) is 4.62. The first-order chi connectivity index (χ1) is 6.72.